The van der Waals surface area contributed by atoms with Crippen LogP contribution in [0, 0.1) is 0 Å². The topological polar surface area (TPSA) is 66.5 Å². The van der Waals surface area contributed by atoms with Gasteiger partial charge >= 0.3 is 0 Å². The molecule has 0 saturated carbocycles. The van der Waals surface area contributed by atoms with Crippen LogP contribution in [0.25, 0.3) is 0 Å². The second kappa shape index (κ2) is 7.68. The molecule has 1 heterocycles. The van der Waals surface area contributed by atoms with Gasteiger partial charge in [-0.05, 0) is 53.0 Å². The van der Waals surface area contributed by atoms with Gasteiger partial charge in [0.15, 0.2) is 0 Å². The number of nitrogens with zero attached hydrogens (tertiary/aromatic N) is 1. The summed E-state index contributed by atoms with van der Waals surface area (Å²) < 4.78 is 28.3. The first kappa shape index (κ1) is 18.1. The van der Waals surface area contributed by atoms with E-state index in [9.17, 15) is 13.2 Å². The lowest BCUT2D eigenvalue weighted by Gasteiger charge is -2.32. The van der Waals surface area contributed by atoms with Gasteiger partial charge in [0.25, 0.3) is 5.91 Å². The fourth-order valence-corrected chi connectivity index (χ4v) is 4.67. The molecule has 1 aliphatic rings. The van der Waals surface area contributed by atoms with E-state index in [0.717, 1.165) is 4.47 Å². The predicted molar refractivity (Wildman–Crippen MR) is 99.8 cm³/mol. The van der Waals surface area contributed by atoms with Crippen LogP contribution >= 0.6 is 15.9 Å². The zero-order valence-corrected chi connectivity index (χ0v) is 16.0. The number of halogens is 1. The lowest BCUT2D eigenvalue weighted by molar-refractivity contribution is 0.0710. The number of hydrogen-bond donors (Lipinski definition) is 1. The van der Waals surface area contributed by atoms with Crippen molar-refractivity contribution in [2.45, 2.75) is 23.8 Å². The van der Waals surface area contributed by atoms with E-state index in [4.69, 9.17) is 0 Å². The normalized spacial score (nSPS) is 16.0. The van der Waals surface area contributed by atoms with E-state index in [1.165, 1.54) is 0 Å². The van der Waals surface area contributed by atoms with E-state index < -0.39 is 10.0 Å². The number of benzene rings is 2. The van der Waals surface area contributed by atoms with Crippen molar-refractivity contribution in [2.24, 2.45) is 0 Å². The van der Waals surface area contributed by atoms with E-state index in [2.05, 4.69) is 20.7 Å². The van der Waals surface area contributed by atoms with E-state index in [-0.39, 0.29) is 16.8 Å². The van der Waals surface area contributed by atoms with E-state index in [0.29, 0.717) is 31.5 Å². The van der Waals surface area contributed by atoms with E-state index >= 15 is 0 Å². The van der Waals surface area contributed by atoms with Crippen molar-refractivity contribution in [3.05, 3.63) is 64.6 Å². The molecular weight excluding hydrogens is 404 g/mol. The van der Waals surface area contributed by atoms with Crippen LogP contribution in [0.4, 0.5) is 0 Å². The molecule has 25 heavy (non-hydrogen) atoms. The number of piperidine rings is 1. The van der Waals surface area contributed by atoms with Crippen LogP contribution in [0.2, 0.25) is 0 Å². The van der Waals surface area contributed by atoms with Gasteiger partial charge in [0.05, 0.1) is 10.5 Å². The molecule has 1 aliphatic heterocycles. The smallest absolute Gasteiger partial charge is 0.254 e. The number of carbonyl (C=O) groups is 1. The Morgan fingerprint density at radius 3 is 2.24 bits per heavy atom. The third-order valence-corrected chi connectivity index (χ3v) is 6.49. The molecule has 2 aromatic rings. The highest BCUT2D eigenvalue weighted by Crippen LogP contribution is 2.21. The maximum Gasteiger partial charge on any atom is 0.254 e. The standard InChI is InChI=1S/C18H19BrN2O3S/c19-17-9-5-4-8-16(17)18(22)21-12-10-14(11-13-21)20-25(23,24)15-6-2-1-3-7-15/h1-9,14,20H,10-13H2. The molecule has 0 bridgehead atoms. The Morgan fingerprint density at radius 2 is 1.60 bits per heavy atom. The van der Waals surface area contributed by atoms with Crippen molar-refractivity contribution < 1.29 is 13.2 Å². The highest BCUT2D eigenvalue weighted by Gasteiger charge is 2.27. The summed E-state index contributed by atoms with van der Waals surface area (Å²) in [4.78, 5) is 14.6. The van der Waals surface area contributed by atoms with Gasteiger partial charge < -0.3 is 4.90 Å². The van der Waals surface area contributed by atoms with E-state index in [1.54, 1.807) is 41.3 Å². The van der Waals surface area contributed by atoms with Gasteiger partial charge in [-0.15, -0.1) is 0 Å². The van der Waals surface area contributed by atoms with Gasteiger partial charge in [-0.2, -0.15) is 0 Å². The van der Waals surface area contributed by atoms with Crippen LogP contribution < -0.4 is 4.72 Å². The minimum atomic E-state index is -3.52. The molecular formula is C18H19BrN2O3S. The van der Waals surface area contributed by atoms with E-state index in [1.807, 2.05) is 18.2 Å². The number of amides is 1. The number of hydrogen-bond acceptors (Lipinski definition) is 3. The molecule has 0 atom stereocenters. The Hall–Kier alpha value is -1.70. The average Bonchev–Trinajstić information content (AvgIpc) is 2.63. The van der Waals surface area contributed by atoms with Crippen molar-refractivity contribution in [1.82, 2.24) is 9.62 Å². The van der Waals surface area contributed by atoms with Crippen LogP contribution in [0.15, 0.2) is 64.0 Å². The second-order valence-electron chi connectivity index (χ2n) is 5.98. The molecule has 0 radical (unpaired) electrons. The maximum absolute atomic E-state index is 12.6. The molecule has 3 rings (SSSR count). The highest BCUT2D eigenvalue weighted by atomic mass is 79.9. The zero-order valence-electron chi connectivity index (χ0n) is 13.6. The predicted octanol–water partition coefficient (Wildman–Crippen LogP) is 3.03. The number of rotatable bonds is 4. The summed E-state index contributed by atoms with van der Waals surface area (Å²) in [6, 6.07) is 15.5. The Kier molecular flexibility index (Phi) is 5.56. The number of sulfonamides is 1. The first-order chi connectivity index (χ1) is 12.0. The summed E-state index contributed by atoms with van der Waals surface area (Å²) in [6.45, 7) is 1.06. The molecule has 5 nitrogen and oxygen atoms in total. The van der Waals surface area contributed by atoms with Gasteiger partial charge in [0.2, 0.25) is 10.0 Å². The molecule has 7 heteroatoms. The molecule has 0 spiro atoms. The number of carbonyl (C=O) groups excluding carboxylic acids is 1. The second-order valence-corrected chi connectivity index (χ2v) is 8.55. The Bertz CT molecular complexity index is 848. The van der Waals surface area contributed by atoms with Crippen molar-refractivity contribution in [1.29, 1.82) is 0 Å². The summed E-state index contributed by atoms with van der Waals surface area (Å²) in [5.41, 5.74) is 0.630. The molecule has 0 aliphatic carbocycles. The van der Waals surface area contributed by atoms with Gasteiger partial charge in [-0.1, -0.05) is 30.3 Å². The van der Waals surface area contributed by atoms with Crippen LogP contribution in [0.1, 0.15) is 23.2 Å². The van der Waals surface area contributed by atoms with Crippen LogP contribution in [0.3, 0.4) is 0 Å². The summed E-state index contributed by atoms with van der Waals surface area (Å²) in [6.07, 6.45) is 1.20. The average molecular weight is 423 g/mol. The van der Waals surface area contributed by atoms with Crippen molar-refractivity contribution in [3.8, 4) is 0 Å². The number of nitrogens with one attached hydrogen (secondary N) is 1. The lowest BCUT2D eigenvalue weighted by Crippen LogP contribution is -2.46. The quantitative estimate of drug-likeness (QED) is 0.822. The zero-order chi connectivity index (χ0) is 17.9. The molecule has 1 amide bonds. The lowest BCUT2D eigenvalue weighted by atomic mass is 10.0. The van der Waals surface area contributed by atoms with Gasteiger partial charge in [0.1, 0.15) is 0 Å². The molecule has 1 saturated heterocycles. The molecule has 1 N–H and O–H groups in total. The first-order valence-electron chi connectivity index (χ1n) is 8.08. The largest absolute Gasteiger partial charge is 0.338 e. The van der Waals surface area contributed by atoms with Crippen LogP contribution in [-0.2, 0) is 10.0 Å². The third kappa shape index (κ3) is 4.29. The fourth-order valence-electron chi connectivity index (χ4n) is 2.89. The maximum atomic E-state index is 12.6. The highest BCUT2D eigenvalue weighted by molar-refractivity contribution is 9.10. The van der Waals surface area contributed by atoms with Crippen molar-refractivity contribution >= 4 is 31.9 Å². The molecule has 2 aromatic carbocycles. The summed E-state index contributed by atoms with van der Waals surface area (Å²) >= 11 is 3.40. The van der Waals surface area contributed by atoms with Gasteiger partial charge in [0, 0.05) is 23.6 Å². The molecule has 0 aromatic heterocycles. The van der Waals surface area contributed by atoms with Gasteiger partial charge in [-0.25, -0.2) is 13.1 Å². The van der Waals surface area contributed by atoms with Crippen molar-refractivity contribution in [3.63, 3.8) is 0 Å². The Labute approximate surface area is 156 Å². The third-order valence-electron chi connectivity index (χ3n) is 4.26. The van der Waals surface area contributed by atoms with Crippen LogP contribution in [0.5, 0.6) is 0 Å². The minimum absolute atomic E-state index is 0.0307. The van der Waals surface area contributed by atoms with Gasteiger partial charge in [-0.3, -0.25) is 4.79 Å². The SMILES string of the molecule is O=C(c1ccccc1Br)N1CCC(NS(=O)(=O)c2ccccc2)CC1. The summed E-state index contributed by atoms with van der Waals surface area (Å²) in [5.74, 6) is -0.0307. The molecule has 1 fully saturated rings. The van der Waals surface area contributed by atoms with Crippen molar-refractivity contribution in [2.75, 3.05) is 13.1 Å². The molecule has 0 unspecified atom stereocenters. The molecule has 132 valence electrons. The van der Waals surface area contributed by atoms with Crippen LogP contribution in [-0.4, -0.2) is 38.4 Å². The summed E-state index contributed by atoms with van der Waals surface area (Å²) in [7, 11) is -3.52. The Morgan fingerprint density at radius 1 is 1.00 bits per heavy atom. The monoisotopic (exact) mass is 422 g/mol. The Balaban J connectivity index is 1.61. The summed E-state index contributed by atoms with van der Waals surface area (Å²) in [5, 5.41) is 0. The number of likely N-dealkylation sites (tertiary alicyclic amines) is 1. The fraction of sp³-hybridized carbons (Fsp3) is 0.278. The first-order valence-corrected chi connectivity index (χ1v) is 10.4. The minimum Gasteiger partial charge on any atom is -0.338 e.